The zero-order valence-corrected chi connectivity index (χ0v) is 12.7. The molecule has 1 heterocycles. The second-order valence-corrected chi connectivity index (χ2v) is 5.81. The normalized spacial score (nSPS) is 25.2. The van der Waals surface area contributed by atoms with Crippen LogP contribution in [0.3, 0.4) is 0 Å². The number of carbonyl (C=O) groups is 1. The van der Waals surface area contributed by atoms with Crippen LogP contribution >= 0.6 is 0 Å². The van der Waals surface area contributed by atoms with E-state index in [1.165, 1.54) is 0 Å². The highest BCUT2D eigenvalue weighted by molar-refractivity contribution is 5.81. The number of rotatable bonds is 3. The fourth-order valence-electron chi connectivity index (χ4n) is 3.34. The lowest BCUT2D eigenvalue weighted by molar-refractivity contribution is -0.150. The summed E-state index contributed by atoms with van der Waals surface area (Å²) < 4.78 is 11.5. The van der Waals surface area contributed by atoms with Crippen molar-refractivity contribution in [2.24, 2.45) is 0 Å². The Balaban J connectivity index is 1.70. The average Bonchev–Trinajstić information content (AvgIpc) is 3.03. The van der Waals surface area contributed by atoms with Crippen LogP contribution in [0.4, 0.5) is 0 Å². The van der Waals surface area contributed by atoms with Crippen molar-refractivity contribution in [3.05, 3.63) is 29.8 Å². The molecular weight excluding hydrogens is 280 g/mol. The van der Waals surface area contributed by atoms with Gasteiger partial charge in [0.1, 0.15) is 11.8 Å². The van der Waals surface area contributed by atoms with Crippen LogP contribution in [-0.2, 0) is 9.53 Å². The van der Waals surface area contributed by atoms with Crippen molar-refractivity contribution in [1.82, 2.24) is 4.90 Å². The van der Waals surface area contributed by atoms with E-state index in [-0.39, 0.29) is 18.1 Å². The average molecular weight is 300 g/mol. The molecule has 0 N–H and O–H groups in total. The summed E-state index contributed by atoms with van der Waals surface area (Å²) >= 11 is 0. The molecule has 2 fully saturated rings. The van der Waals surface area contributed by atoms with Crippen molar-refractivity contribution in [2.75, 3.05) is 13.2 Å². The van der Waals surface area contributed by atoms with E-state index < -0.39 is 6.10 Å². The fourth-order valence-corrected chi connectivity index (χ4v) is 3.34. The van der Waals surface area contributed by atoms with Gasteiger partial charge < -0.3 is 14.4 Å². The van der Waals surface area contributed by atoms with Gasteiger partial charge in [-0.3, -0.25) is 4.79 Å². The van der Waals surface area contributed by atoms with Gasteiger partial charge in [-0.1, -0.05) is 12.1 Å². The molecule has 22 heavy (non-hydrogen) atoms. The van der Waals surface area contributed by atoms with Crippen molar-refractivity contribution >= 4 is 5.91 Å². The van der Waals surface area contributed by atoms with Crippen molar-refractivity contribution < 1.29 is 14.3 Å². The minimum atomic E-state index is -0.603. The maximum absolute atomic E-state index is 12.7. The van der Waals surface area contributed by atoms with Crippen LogP contribution < -0.4 is 4.74 Å². The van der Waals surface area contributed by atoms with Gasteiger partial charge in [0.15, 0.2) is 6.10 Å². The van der Waals surface area contributed by atoms with Gasteiger partial charge in [-0.05, 0) is 38.3 Å². The highest BCUT2D eigenvalue weighted by atomic mass is 16.5. The molecule has 1 aromatic rings. The number of hydrogen-bond donors (Lipinski definition) is 0. The number of nitriles is 1. The number of ether oxygens (including phenoxy) is 2. The smallest absolute Gasteiger partial charge is 0.263 e. The van der Waals surface area contributed by atoms with E-state index in [2.05, 4.69) is 6.07 Å². The van der Waals surface area contributed by atoms with Gasteiger partial charge >= 0.3 is 0 Å². The number of nitrogens with zero attached hydrogens (tertiary/aromatic N) is 2. The maximum atomic E-state index is 12.7. The van der Waals surface area contributed by atoms with Gasteiger partial charge in [-0.15, -0.1) is 0 Å². The first-order chi connectivity index (χ1) is 10.7. The van der Waals surface area contributed by atoms with Crippen molar-refractivity contribution in [1.29, 1.82) is 5.26 Å². The zero-order valence-electron chi connectivity index (χ0n) is 12.7. The molecule has 5 nitrogen and oxygen atoms in total. The lowest BCUT2D eigenvalue weighted by Crippen LogP contribution is -2.54. The van der Waals surface area contributed by atoms with Gasteiger partial charge in [-0.25, -0.2) is 0 Å². The molecule has 0 unspecified atom stereocenters. The Morgan fingerprint density at radius 3 is 3.09 bits per heavy atom. The van der Waals surface area contributed by atoms with E-state index in [1.54, 1.807) is 31.2 Å². The summed E-state index contributed by atoms with van der Waals surface area (Å²) in [5.74, 6) is 0.440. The van der Waals surface area contributed by atoms with Gasteiger partial charge in [0.25, 0.3) is 5.91 Å². The van der Waals surface area contributed by atoms with Gasteiger partial charge in [0.2, 0.25) is 0 Å². The van der Waals surface area contributed by atoms with Crippen LogP contribution in [0.25, 0.3) is 0 Å². The number of para-hydroxylation sites is 1. The fraction of sp³-hybridized carbons (Fsp3) is 0.529. The summed E-state index contributed by atoms with van der Waals surface area (Å²) in [6.45, 7) is 2.96. The van der Waals surface area contributed by atoms with Crippen LogP contribution in [0.2, 0.25) is 0 Å². The second-order valence-electron chi connectivity index (χ2n) is 5.81. The van der Waals surface area contributed by atoms with Crippen LogP contribution in [0.5, 0.6) is 5.75 Å². The molecule has 5 heteroatoms. The Morgan fingerprint density at radius 1 is 1.45 bits per heavy atom. The predicted octanol–water partition coefficient (Wildman–Crippen LogP) is 2.11. The monoisotopic (exact) mass is 300 g/mol. The highest BCUT2D eigenvalue weighted by Crippen LogP contribution is 2.30. The Kier molecular flexibility index (Phi) is 4.30. The van der Waals surface area contributed by atoms with E-state index >= 15 is 0 Å². The minimum Gasteiger partial charge on any atom is -0.480 e. The van der Waals surface area contributed by atoms with Gasteiger partial charge in [0, 0.05) is 6.54 Å². The summed E-state index contributed by atoms with van der Waals surface area (Å²) in [7, 11) is 0. The second kappa shape index (κ2) is 6.37. The van der Waals surface area contributed by atoms with Crippen molar-refractivity contribution in [2.45, 2.75) is 44.4 Å². The molecule has 0 spiro atoms. The first-order valence-corrected chi connectivity index (χ1v) is 7.78. The van der Waals surface area contributed by atoms with E-state index in [9.17, 15) is 4.79 Å². The van der Waals surface area contributed by atoms with Crippen LogP contribution in [-0.4, -0.2) is 42.2 Å². The Bertz CT molecular complexity index is 596. The molecule has 1 aliphatic carbocycles. The van der Waals surface area contributed by atoms with E-state index in [1.807, 2.05) is 4.90 Å². The molecule has 3 atom stereocenters. The first-order valence-electron chi connectivity index (χ1n) is 7.78. The number of morpholine rings is 1. The summed E-state index contributed by atoms with van der Waals surface area (Å²) in [4.78, 5) is 14.6. The summed E-state index contributed by atoms with van der Waals surface area (Å²) in [6.07, 6.45) is 2.70. The molecule has 1 saturated carbocycles. The Hall–Kier alpha value is -2.06. The molecule has 3 rings (SSSR count). The molecule has 1 aromatic carbocycles. The molecule has 1 saturated heterocycles. The number of amides is 1. The SMILES string of the molecule is C[C@H](Oc1ccccc1C#N)C(=O)N1CCO[C@H]2CCC[C@H]21. The molecule has 0 aromatic heterocycles. The lowest BCUT2D eigenvalue weighted by Gasteiger charge is -2.38. The summed E-state index contributed by atoms with van der Waals surface area (Å²) in [5, 5.41) is 9.10. The maximum Gasteiger partial charge on any atom is 0.263 e. The molecule has 1 amide bonds. The van der Waals surface area contributed by atoms with Crippen LogP contribution in [0.1, 0.15) is 31.7 Å². The summed E-state index contributed by atoms with van der Waals surface area (Å²) in [6, 6.07) is 9.26. The third-order valence-corrected chi connectivity index (χ3v) is 4.42. The molecule has 1 aliphatic heterocycles. The molecule has 116 valence electrons. The third kappa shape index (κ3) is 2.79. The Morgan fingerprint density at radius 2 is 2.27 bits per heavy atom. The van der Waals surface area contributed by atoms with Gasteiger partial charge in [-0.2, -0.15) is 5.26 Å². The number of carbonyl (C=O) groups excluding carboxylic acids is 1. The van der Waals surface area contributed by atoms with E-state index in [0.717, 1.165) is 19.3 Å². The highest BCUT2D eigenvalue weighted by Gasteiger charge is 2.40. The molecular formula is C17H20N2O3. The van der Waals surface area contributed by atoms with E-state index in [4.69, 9.17) is 14.7 Å². The van der Waals surface area contributed by atoms with Crippen molar-refractivity contribution in [3.63, 3.8) is 0 Å². The standard InChI is InChI=1S/C17H20N2O3/c1-12(22-15-7-3-2-5-13(15)11-18)17(20)19-9-10-21-16-8-4-6-14(16)19/h2-3,5,7,12,14,16H,4,6,8-10H2,1H3/t12-,14+,16-/m0/s1. The van der Waals surface area contributed by atoms with Crippen molar-refractivity contribution in [3.8, 4) is 11.8 Å². The quantitative estimate of drug-likeness (QED) is 0.857. The number of hydrogen-bond acceptors (Lipinski definition) is 4. The lowest BCUT2D eigenvalue weighted by atomic mass is 10.1. The topological polar surface area (TPSA) is 62.6 Å². The third-order valence-electron chi connectivity index (χ3n) is 4.42. The molecule has 0 bridgehead atoms. The number of fused-ring (bicyclic) bond motifs is 1. The number of benzene rings is 1. The largest absolute Gasteiger partial charge is 0.480 e. The molecule has 0 radical (unpaired) electrons. The predicted molar refractivity (Wildman–Crippen MR) is 80.3 cm³/mol. The first kappa shape index (κ1) is 14.9. The zero-order chi connectivity index (χ0) is 15.5. The van der Waals surface area contributed by atoms with Gasteiger partial charge in [0.05, 0.1) is 24.3 Å². The Labute approximate surface area is 130 Å². The van der Waals surface area contributed by atoms with E-state index in [0.29, 0.717) is 24.5 Å². The van der Waals surface area contributed by atoms with Crippen LogP contribution in [0.15, 0.2) is 24.3 Å². The molecule has 2 aliphatic rings. The summed E-state index contributed by atoms with van der Waals surface area (Å²) in [5.41, 5.74) is 0.447. The minimum absolute atomic E-state index is 0.0204. The van der Waals surface area contributed by atoms with Crippen LogP contribution in [0, 0.1) is 11.3 Å².